The summed E-state index contributed by atoms with van der Waals surface area (Å²) in [5, 5.41) is 33.6. The third-order valence-corrected chi connectivity index (χ3v) is 9.15. The summed E-state index contributed by atoms with van der Waals surface area (Å²) in [6.45, 7) is 5.11. The molecule has 0 saturated carbocycles. The number of rotatable bonds is 13. The average molecular weight is 602 g/mol. The van der Waals surface area contributed by atoms with Gasteiger partial charge in [-0.15, -0.1) is 0 Å². The van der Waals surface area contributed by atoms with Crippen LogP contribution in [0.5, 0.6) is 0 Å². The van der Waals surface area contributed by atoms with Crippen LogP contribution < -0.4 is 16.3 Å². The van der Waals surface area contributed by atoms with Gasteiger partial charge in [0.25, 0.3) is 5.56 Å². The molecule has 2 aromatic rings. The molecule has 1 aromatic heterocycles. The van der Waals surface area contributed by atoms with E-state index in [4.69, 9.17) is 13.8 Å². The number of hydrogen-bond donors (Lipinski definition) is 5. The normalized spacial score (nSPS) is 24.6. The predicted molar refractivity (Wildman–Crippen MR) is 148 cm³/mol. The lowest BCUT2D eigenvalue weighted by Crippen LogP contribution is -2.47. The highest BCUT2D eigenvalue weighted by molar-refractivity contribution is 8.13. The predicted octanol–water partition coefficient (Wildman–Crippen LogP) is 1.06. The van der Waals surface area contributed by atoms with Crippen LogP contribution in [-0.4, -0.2) is 73.4 Å². The van der Waals surface area contributed by atoms with E-state index in [9.17, 15) is 34.3 Å². The number of aliphatic hydroxyl groups is 3. The van der Waals surface area contributed by atoms with Gasteiger partial charge in [0.1, 0.15) is 17.8 Å². The quantitative estimate of drug-likeness (QED) is 0.162. The molecular formula is C25H36N3O10PS. The minimum absolute atomic E-state index is 0.113. The summed E-state index contributed by atoms with van der Waals surface area (Å²) in [4.78, 5) is 38.5. The lowest BCUT2D eigenvalue weighted by Gasteiger charge is -2.27. The Hall–Kier alpha value is -2.13. The molecule has 3 unspecified atom stereocenters. The third-order valence-electron chi connectivity index (χ3n) is 6.41. The molecule has 0 aliphatic carbocycles. The van der Waals surface area contributed by atoms with Crippen LogP contribution in [0.15, 0.2) is 46.1 Å². The number of aromatic nitrogens is 2. The Morgan fingerprint density at radius 2 is 1.95 bits per heavy atom. The van der Waals surface area contributed by atoms with Crippen molar-refractivity contribution < 1.29 is 38.5 Å². The van der Waals surface area contributed by atoms with E-state index < -0.39 is 55.1 Å². The van der Waals surface area contributed by atoms with Crippen molar-refractivity contribution in [3.63, 3.8) is 0 Å². The molecule has 1 aromatic carbocycles. The molecule has 1 saturated heterocycles. The first-order valence-corrected chi connectivity index (χ1v) is 15.1. The second-order valence-corrected chi connectivity index (χ2v) is 13.2. The van der Waals surface area contributed by atoms with E-state index in [-0.39, 0.29) is 36.2 Å². The van der Waals surface area contributed by atoms with Gasteiger partial charge in [0.05, 0.1) is 25.2 Å². The standard InChI is InChI=1S/C25H36N3O10PS/c1-16-13-28(23(33)27-20(16)31)21-25(4,34)19(30)18(38-21)14-37-39(35,26-12-17-8-6-5-7-9-17)36-10-11-40-22(32)24(2,3)15-29/h5-9,13,18-19,21,29-30,34H,10-12,14-15H2,1-4H3,(H,26,35)(H,27,31,33)/t18-,19?,21-,25?,39?/m1/s1. The van der Waals surface area contributed by atoms with Gasteiger partial charge in [-0.3, -0.25) is 28.2 Å². The Bertz CT molecular complexity index is 1330. The van der Waals surface area contributed by atoms with Gasteiger partial charge in [0, 0.05) is 24.1 Å². The lowest BCUT2D eigenvalue weighted by molar-refractivity contribution is -0.119. The highest BCUT2D eigenvalue weighted by Gasteiger charge is 2.54. The van der Waals surface area contributed by atoms with Gasteiger partial charge in [0.15, 0.2) is 11.3 Å². The first-order valence-electron chi connectivity index (χ1n) is 12.5. The van der Waals surface area contributed by atoms with Crippen LogP contribution >= 0.6 is 19.5 Å². The highest BCUT2D eigenvalue weighted by Crippen LogP contribution is 2.46. The van der Waals surface area contributed by atoms with Crippen LogP contribution in [0, 0.1) is 12.3 Å². The molecule has 5 atom stereocenters. The van der Waals surface area contributed by atoms with Crippen LogP contribution in [0.1, 0.15) is 38.1 Å². The number of ether oxygens (including phenoxy) is 1. The molecule has 15 heteroatoms. The summed E-state index contributed by atoms with van der Waals surface area (Å²) in [6.07, 6.45) is -2.96. The number of hydrogen-bond acceptors (Lipinski definition) is 11. The molecule has 1 aliphatic rings. The number of benzene rings is 1. The molecule has 40 heavy (non-hydrogen) atoms. The fraction of sp³-hybridized carbons (Fsp3) is 0.560. The van der Waals surface area contributed by atoms with Crippen molar-refractivity contribution in [2.45, 2.75) is 58.3 Å². The molecule has 0 amide bonds. The minimum atomic E-state index is -4.04. The van der Waals surface area contributed by atoms with Gasteiger partial charge < -0.3 is 20.1 Å². The number of aliphatic hydroxyl groups excluding tert-OH is 2. The van der Waals surface area contributed by atoms with Crippen molar-refractivity contribution in [1.29, 1.82) is 0 Å². The highest BCUT2D eigenvalue weighted by atomic mass is 32.2. The maximum Gasteiger partial charge on any atom is 0.405 e. The van der Waals surface area contributed by atoms with E-state index in [0.717, 1.165) is 21.9 Å². The van der Waals surface area contributed by atoms with Crippen LogP contribution in [0.3, 0.4) is 0 Å². The Labute approximate surface area is 235 Å². The maximum atomic E-state index is 13.6. The number of nitrogens with zero attached hydrogens (tertiary/aromatic N) is 1. The van der Waals surface area contributed by atoms with E-state index >= 15 is 0 Å². The van der Waals surface area contributed by atoms with Gasteiger partial charge in [-0.1, -0.05) is 42.1 Å². The van der Waals surface area contributed by atoms with Gasteiger partial charge in [-0.25, -0.2) is 14.4 Å². The largest absolute Gasteiger partial charge is 0.405 e. The SMILES string of the molecule is Cc1cn([C@@H]2O[C@H](COP(=O)(NCc3ccccc3)OCCSC(=O)C(C)(C)CO)C(O)C2(C)O)c(=O)[nH]c1=O. The van der Waals surface area contributed by atoms with Crippen LogP contribution in [0.4, 0.5) is 0 Å². The number of H-pyrrole nitrogens is 1. The Balaban J connectivity index is 1.71. The van der Waals surface area contributed by atoms with E-state index in [1.807, 2.05) is 6.07 Å². The number of nitrogens with one attached hydrogen (secondary N) is 2. The molecule has 222 valence electrons. The molecule has 2 heterocycles. The van der Waals surface area contributed by atoms with E-state index in [1.54, 1.807) is 38.1 Å². The van der Waals surface area contributed by atoms with Crippen molar-refractivity contribution in [1.82, 2.24) is 14.6 Å². The van der Waals surface area contributed by atoms with E-state index in [1.165, 1.54) is 20.0 Å². The van der Waals surface area contributed by atoms with E-state index in [2.05, 4.69) is 10.1 Å². The molecule has 0 spiro atoms. The summed E-state index contributed by atoms with van der Waals surface area (Å²) in [5.41, 5.74) is -3.37. The zero-order valence-corrected chi connectivity index (χ0v) is 24.4. The van der Waals surface area contributed by atoms with Gasteiger partial charge in [-0.2, -0.15) is 0 Å². The van der Waals surface area contributed by atoms with Crippen molar-refractivity contribution in [3.05, 3.63) is 68.5 Å². The number of thioether (sulfide) groups is 1. The second kappa shape index (κ2) is 13.2. The Kier molecular flexibility index (Phi) is 10.7. The van der Waals surface area contributed by atoms with Crippen molar-refractivity contribution in [3.8, 4) is 0 Å². The third kappa shape index (κ3) is 7.78. The molecule has 1 aliphatic heterocycles. The summed E-state index contributed by atoms with van der Waals surface area (Å²) >= 11 is 0.924. The fourth-order valence-electron chi connectivity index (χ4n) is 3.77. The Morgan fingerprint density at radius 1 is 1.27 bits per heavy atom. The monoisotopic (exact) mass is 601 g/mol. The van der Waals surface area contributed by atoms with Gasteiger partial charge in [0.2, 0.25) is 0 Å². The number of carbonyl (C=O) groups excluding carboxylic acids is 1. The first-order chi connectivity index (χ1) is 18.7. The average Bonchev–Trinajstić information content (AvgIpc) is 3.14. The minimum Gasteiger partial charge on any atom is -0.395 e. The first kappa shape index (κ1) is 32.4. The van der Waals surface area contributed by atoms with E-state index in [0.29, 0.717) is 0 Å². The summed E-state index contributed by atoms with van der Waals surface area (Å²) in [7, 11) is -4.04. The van der Waals surface area contributed by atoms with Crippen molar-refractivity contribution in [2.24, 2.45) is 5.41 Å². The molecule has 3 rings (SSSR count). The second-order valence-electron chi connectivity index (χ2n) is 10.3. The zero-order chi connectivity index (χ0) is 29.7. The zero-order valence-electron chi connectivity index (χ0n) is 22.7. The fourth-order valence-corrected chi connectivity index (χ4v) is 6.01. The lowest BCUT2D eigenvalue weighted by atomic mass is 9.96. The molecule has 0 bridgehead atoms. The maximum absolute atomic E-state index is 13.6. The van der Waals surface area contributed by atoms with Crippen LogP contribution in [-0.2, 0) is 29.7 Å². The topological polar surface area (TPSA) is 189 Å². The van der Waals surface area contributed by atoms with Crippen molar-refractivity contribution >= 4 is 24.6 Å². The van der Waals surface area contributed by atoms with Crippen molar-refractivity contribution in [2.75, 3.05) is 25.6 Å². The number of carbonyl (C=O) groups is 1. The van der Waals surface area contributed by atoms with Gasteiger partial charge >= 0.3 is 13.4 Å². The molecule has 0 radical (unpaired) electrons. The molecular weight excluding hydrogens is 565 g/mol. The Morgan fingerprint density at radius 3 is 2.60 bits per heavy atom. The summed E-state index contributed by atoms with van der Waals surface area (Å²) in [6, 6.07) is 9.05. The van der Waals surface area contributed by atoms with Crippen LogP contribution in [0.25, 0.3) is 0 Å². The summed E-state index contributed by atoms with van der Waals surface area (Å²) in [5.74, 6) is 0.135. The van der Waals surface area contributed by atoms with Crippen LogP contribution in [0.2, 0.25) is 0 Å². The van der Waals surface area contributed by atoms with Gasteiger partial charge in [-0.05, 0) is 33.3 Å². The number of aromatic amines is 1. The molecule has 13 nitrogen and oxygen atoms in total. The molecule has 1 fully saturated rings. The molecule has 5 N–H and O–H groups in total. The smallest absolute Gasteiger partial charge is 0.395 e. The number of aryl methyl sites for hydroxylation is 1. The summed E-state index contributed by atoms with van der Waals surface area (Å²) < 4.78 is 31.5.